The molecule has 1 saturated heterocycles. The summed E-state index contributed by atoms with van der Waals surface area (Å²) >= 11 is 3.38. The molecular formula is C14H14BrNO4S. The normalized spacial score (nSPS) is 24.6. The van der Waals surface area contributed by atoms with Gasteiger partial charge in [0.05, 0.1) is 29.0 Å². The molecule has 1 aromatic rings. The zero-order valence-electron chi connectivity index (χ0n) is 11.3. The Morgan fingerprint density at radius 3 is 2.48 bits per heavy atom. The van der Waals surface area contributed by atoms with Crippen LogP contribution < -0.4 is 0 Å². The molecular weight excluding hydrogens is 358 g/mol. The Morgan fingerprint density at radius 2 is 1.86 bits per heavy atom. The summed E-state index contributed by atoms with van der Waals surface area (Å²) in [5, 5.41) is 0. The molecule has 5 nitrogen and oxygen atoms in total. The summed E-state index contributed by atoms with van der Waals surface area (Å²) in [5.74, 6) is 0. The van der Waals surface area contributed by atoms with Gasteiger partial charge in [-0.15, -0.1) is 0 Å². The first kappa shape index (κ1) is 14.6. The van der Waals surface area contributed by atoms with Gasteiger partial charge in [-0.25, -0.2) is 13.2 Å². The third kappa shape index (κ3) is 2.10. The molecule has 1 aromatic carbocycles. The fourth-order valence-electron chi connectivity index (χ4n) is 3.03. The van der Waals surface area contributed by atoms with Gasteiger partial charge >= 0.3 is 6.09 Å². The van der Waals surface area contributed by atoms with Gasteiger partial charge in [0, 0.05) is 4.48 Å². The molecule has 0 saturated carbocycles. The third-order valence-corrected chi connectivity index (χ3v) is 7.13. The van der Waals surface area contributed by atoms with Crippen LogP contribution in [-0.4, -0.2) is 38.6 Å². The minimum Gasteiger partial charge on any atom is -0.453 e. The Bertz CT molecular complexity index is 714. The molecule has 2 aliphatic heterocycles. The summed E-state index contributed by atoms with van der Waals surface area (Å²) < 4.78 is 31.0. The Hall–Kier alpha value is -1.34. The van der Waals surface area contributed by atoms with Crippen LogP contribution in [0.2, 0.25) is 0 Å². The maximum atomic E-state index is 12.8. The number of amides is 1. The highest BCUT2D eigenvalue weighted by Gasteiger charge is 2.52. The van der Waals surface area contributed by atoms with E-state index in [1.165, 1.54) is 12.0 Å². The maximum Gasteiger partial charge on any atom is 0.410 e. The first-order chi connectivity index (χ1) is 9.98. The predicted molar refractivity (Wildman–Crippen MR) is 80.6 cm³/mol. The van der Waals surface area contributed by atoms with Crippen molar-refractivity contribution in [3.05, 3.63) is 39.7 Å². The monoisotopic (exact) mass is 371 g/mol. The lowest BCUT2D eigenvalue weighted by molar-refractivity contribution is 0.120. The number of hydrogen-bond acceptors (Lipinski definition) is 4. The first-order valence-electron chi connectivity index (χ1n) is 6.54. The van der Waals surface area contributed by atoms with E-state index < -0.39 is 22.0 Å². The van der Waals surface area contributed by atoms with Crippen LogP contribution in [0.5, 0.6) is 0 Å². The van der Waals surface area contributed by atoms with Crippen LogP contribution in [0, 0.1) is 0 Å². The summed E-state index contributed by atoms with van der Waals surface area (Å²) in [6.45, 7) is 0. The number of nitrogens with zero attached hydrogens (tertiary/aromatic N) is 1. The second-order valence-corrected chi connectivity index (χ2v) is 7.79. The van der Waals surface area contributed by atoms with Gasteiger partial charge in [0.15, 0.2) is 0 Å². The van der Waals surface area contributed by atoms with Gasteiger partial charge in [-0.3, -0.25) is 4.90 Å². The van der Waals surface area contributed by atoms with Crippen molar-refractivity contribution >= 4 is 31.9 Å². The van der Waals surface area contributed by atoms with Crippen LogP contribution >= 0.6 is 15.9 Å². The van der Waals surface area contributed by atoms with Crippen molar-refractivity contribution in [2.24, 2.45) is 0 Å². The standard InChI is InChI=1S/C14H14BrNO4S/c1-20-14(17)16-10-7-8-11(16)13(12(10)15)21(18,19)9-5-3-2-4-6-9/h2-6,10-11H,7-8H2,1H3/t10-,11+/m0/s1. The third-order valence-electron chi connectivity index (χ3n) is 3.94. The fourth-order valence-corrected chi connectivity index (χ4v) is 6.14. The molecule has 0 N–H and O–H groups in total. The fraction of sp³-hybridized carbons (Fsp3) is 0.357. The molecule has 1 amide bonds. The predicted octanol–water partition coefficient (Wildman–Crippen LogP) is 2.68. The minimum absolute atomic E-state index is 0.240. The summed E-state index contributed by atoms with van der Waals surface area (Å²) in [5.41, 5.74) is 0. The van der Waals surface area contributed by atoms with Crippen LogP contribution in [0.4, 0.5) is 4.79 Å². The first-order valence-corrected chi connectivity index (χ1v) is 8.82. The molecule has 2 atom stereocenters. The van der Waals surface area contributed by atoms with Crippen LogP contribution in [0.15, 0.2) is 44.6 Å². The highest BCUT2D eigenvalue weighted by molar-refractivity contribution is 9.11. The van der Waals surface area contributed by atoms with E-state index in [0.29, 0.717) is 10.9 Å². The maximum absolute atomic E-state index is 12.8. The van der Waals surface area contributed by atoms with E-state index >= 15 is 0 Å². The van der Waals surface area contributed by atoms with Gasteiger partial charge in [-0.05, 0) is 25.0 Å². The topological polar surface area (TPSA) is 63.7 Å². The number of methoxy groups -OCH3 is 1. The summed E-state index contributed by atoms with van der Waals surface area (Å²) in [4.78, 5) is 13.9. The van der Waals surface area contributed by atoms with Crippen LogP contribution in [0.25, 0.3) is 0 Å². The van der Waals surface area contributed by atoms with Crippen molar-refractivity contribution in [1.29, 1.82) is 0 Å². The lowest BCUT2D eigenvalue weighted by Crippen LogP contribution is -2.37. The molecule has 2 bridgehead atoms. The molecule has 2 aliphatic rings. The van der Waals surface area contributed by atoms with E-state index in [0.717, 1.165) is 6.42 Å². The van der Waals surface area contributed by atoms with E-state index in [4.69, 9.17) is 4.74 Å². The molecule has 2 heterocycles. The van der Waals surface area contributed by atoms with Crippen LogP contribution in [0.3, 0.4) is 0 Å². The number of rotatable bonds is 2. The van der Waals surface area contributed by atoms with E-state index in [2.05, 4.69) is 15.9 Å². The van der Waals surface area contributed by atoms with E-state index in [1.54, 1.807) is 30.3 Å². The number of hydrogen-bond donors (Lipinski definition) is 0. The number of benzene rings is 1. The average Bonchev–Trinajstić information content (AvgIpc) is 3.03. The minimum atomic E-state index is -3.61. The van der Waals surface area contributed by atoms with Crippen molar-refractivity contribution in [2.75, 3.05) is 7.11 Å². The Kier molecular flexibility index (Phi) is 3.57. The van der Waals surface area contributed by atoms with Crippen molar-refractivity contribution < 1.29 is 17.9 Å². The Morgan fingerprint density at radius 1 is 1.24 bits per heavy atom. The molecule has 0 unspecified atom stereocenters. The van der Waals surface area contributed by atoms with E-state index in [1.807, 2.05) is 0 Å². The van der Waals surface area contributed by atoms with Crippen molar-refractivity contribution in [2.45, 2.75) is 29.8 Å². The Balaban J connectivity index is 2.06. The lowest BCUT2D eigenvalue weighted by Gasteiger charge is -2.21. The molecule has 1 fully saturated rings. The zero-order chi connectivity index (χ0) is 15.2. The molecule has 21 heavy (non-hydrogen) atoms. The van der Waals surface area contributed by atoms with Crippen LogP contribution in [0.1, 0.15) is 12.8 Å². The second-order valence-electron chi connectivity index (χ2n) is 5.01. The molecule has 0 aromatic heterocycles. The van der Waals surface area contributed by atoms with Crippen molar-refractivity contribution in [1.82, 2.24) is 4.90 Å². The summed E-state index contributed by atoms with van der Waals surface area (Å²) in [7, 11) is -2.31. The van der Waals surface area contributed by atoms with Gasteiger partial charge in [0.1, 0.15) is 0 Å². The summed E-state index contributed by atoms with van der Waals surface area (Å²) in [6.07, 6.45) is 0.891. The average molecular weight is 372 g/mol. The van der Waals surface area contributed by atoms with Gasteiger partial charge in [0.25, 0.3) is 0 Å². The molecule has 0 radical (unpaired) electrons. The second kappa shape index (κ2) is 5.14. The summed E-state index contributed by atoms with van der Waals surface area (Å²) in [6, 6.07) is 7.59. The lowest BCUT2D eigenvalue weighted by atomic mass is 10.1. The number of carbonyl (C=O) groups is 1. The zero-order valence-corrected chi connectivity index (χ0v) is 13.7. The largest absolute Gasteiger partial charge is 0.453 e. The van der Waals surface area contributed by atoms with Crippen molar-refractivity contribution in [3.8, 4) is 0 Å². The van der Waals surface area contributed by atoms with E-state index in [-0.39, 0.29) is 15.8 Å². The molecule has 0 spiro atoms. The number of carbonyl (C=O) groups excluding carboxylic acids is 1. The highest BCUT2D eigenvalue weighted by Crippen LogP contribution is 2.48. The molecule has 7 heteroatoms. The number of ether oxygens (including phenoxy) is 1. The number of sulfone groups is 1. The molecule has 3 rings (SSSR count). The molecule has 0 aliphatic carbocycles. The SMILES string of the molecule is COC(=O)N1[C@@H]2CC[C@H]1C(Br)=C2S(=O)(=O)c1ccccc1. The smallest absolute Gasteiger partial charge is 0.410 e. The quantitative estimate of drug-likeness (QED) is 0.801. The van der Waals surface area contributed by atoms with Gasteiger partial charge in [0.2, 0.25) is 9.84 Å². The highest BCUT2D eigenvalue weighted by atomic mass is 79.9. The van der Waals surface area contributed by atoms with Gasteiger partial charge in [-0.2, -0.15) is 0 Å². The van der Waals surface area contributed by atoms with Crippen LogP contribution in [-0.2, 0) is 14.6 Å². The Labute approximate surface area is 131 Å². The number of fused-ring (bicyclic) bond motifs is 2. The number of halogens is 1. The van der Waals surface area contributed by atoms with Gasteiger partial charge < -0.3 is 4.74 Å². The van der Waals surface area contributed by atoms with E-state index in [9.17, 15) is 13.2 Å². The van der Waals surface area contributed by atoms with Crippen molar-refractivity contribution in [3.63, 3.8) is 0 Å². The molecule has 112 valence electrons. The van der Waals surface area contributed by atoms with Gasteiger partial charge in [-0.1, -0.05) is 34.1 Å².